The van der Waals surface area contributed by atoms with E-state index < -0.39 is 12.0 Å². The first-order chi connectivity index (χ1) is 16.0. The molecule has 0 N–H and O–H groups in total. The number of carbonyl (C=O) groups excluding carboxylic acids is 1. The Morgan fingerprint density at radius 1 is 1.15 bits per heavy atom. The second kappa shape index (κ2) is 10.3. The van der Waals surface area contributed by atoms with Crippen LogP contribution in [0.3, 0.4) is 0 Å². The van der Waals surface area contributed by atoms with Crippen molar-refractivity contribution in [3.05, 3.63) is 59.1 Å². The van der Waals surface area contributed by atoms with Crippen molar-refractivity contribution < 1.29 is 27.8 Å². The van der Waals surface area contributed by atoms with Crippen LogP contribution in [0.4, 0.5) is 10.1 Å². The summed E-state index contributed by atoms with van der Waals surface area (Å²) >= 11 is 0. The second-order valence-electron chi connectivity index (χ2n) is 8.12. The fourth-order valence-corrected chi connectivity index (χ4v) is 4.59. The van der Waals surface area contributed by atoms with Gasteiger partial charge in [-0.15, -0.1) is 0 Å². The third kappa shape index (κ3) is 4.83. The highest BCUT2D eigenvalue weighted by Gasteiger charge is 2.28. The van der Waals surface area contributed by atoms with E-state index in [4.69, 9.17) is 18.6 Å². The van der Waals surface area contributed by atoms with Gasteiger partial charge in [0, 0.05) is 49.0 Å². The normalized spacial score (nSPS) is 14.4. The molecular formula is C26H30FNO5. The van der Waals surface area contributed by atoms with Crippen molar-refractivity contribution in [3.8, 4) is 5.75 Å². The van der Waals surface area contributed by atoms with Gasteiger partial charge in [0.05, 0.1) is 12.7 Å². The first-order valence-electron chi connectivity index (χ1n) is 11.4. The molecule has 1 aromatic heterocycles. The van der Waals surface area contributed by atoms with Crippen LogP contribution in [0.15, 0.2) is 40.8 Å². The molecule has 0 spiro atoms. The summed E-state index contributed by atoms with van der Waals surface area (Å²) in [5.74, 6) is 0.243. The van der Waals surface area contributed by atoms with E-state index in [-0.39, 0.29) is 12.6 Å². The molecule has 1 fully saturated rings. The van der Waals surface area contributed by atoms with Gasteiger partial charge in [-0.25, -0.2) is 4.79 Å². The summed E-state index contributed by atoms with van der Waals surface area (Å²) in [5, 5.41) is 0.441. The number of esters is 1. The van der Waals surface area contributed by atoms with E-state index in [1.165, 1.54) is 6.07 Å². The highest BCUT2D eigenvalue weighted by molar-refractivity contribution is 6.07. The van der Waals surface area contributed by atoms with Crippen LogP contribution in [0, 0.1) is 6.01 Å². The minimum absolute atomic E-state index is 0.107. The third-order valence-electron chi connectivity index (χ3n) is 6.25. The largest absolute Gasteiger partial charge is 0.497 e. The average molecular weight is 456 g/mol. The Kier molecular flexibility index (Phi) is 7.18. The molecule has 3 aromatic rings. The Labute approximate surface area is 193 Å². The standard InChI is InChI=1S/C26H30FNO5/c1-4-20-22(28(5-2)18-10-12-31-13-11-18)15-23-21(14-24(27)33-23)25(20)26(29)32-16-17-6-8-19(30-3)9-7-17/h6-9,14-15,18H,4-5,10-13,16H2,1-3H3. The summed E-state index contributed by atoms with van der Waals surface area (Å²) in [6.45, 7) is 6.36. The fourth-order valence-electron chi connectivity index (χ4n) is 4.59. The molecule has 0 saturated carbocycles. The highest BCUT2D eigenvalue weighted by atomic mass is 19.1. The summed E-state index contributed by atoms with van der Waals surface area (Å²) in [7, 11) is 1.60. The van der Waals surface area contributed by atoms with Gasteiger partial charge in [-0.1, -0.05) is 19.1 Å². The van der Waals surface area contributed by atoms with E-state index >= 15 is 0 Å². The van der Waals surface area contributed by atoms with Crippen LogP contribution < -0.4 is 9.64 Å². The SMILES string of the molecule is CCc1c(N(CC)C2CCOCC2)cc2oc(F)cc2c1C(=O)OCc1ccc(OC)cc1. The number of rotatable bonds is 8. The van der Waals surface area contributed by atoms with E-state index in [0.717, 1.165) is 42.0 Å². The van der Waals surface area contributed by atoms with E-state index in [9.17, 15) is 9.18 Å². The van der Waals surface area contributed by atoms with E-state index in [0.29, 0.717) is 36.2 Å². The summed E-state index contributed by atoms with van der Waals surface area (Å²) in [6.07, 6.45) is 2.41. The van der Waals surface area contributed by atoms with Crippen LogP contribution in [0.25, 0.3) is 11.0 Å². The zero-order valence-electron chi connectivity index (χ0n) is 19.4. The minimum Gasteiger partial charge on any atom is -0.497 e. The van der Waals surface area contributed by atoms with Gasteiger partial charge in [-0.3, -0.25) is 0 Å². The number of ether oxygens (including phenoxy) is 3. The molecule has 0 radical (unpaired) electrons. The molecule has 4 rings (SSSR count). The van der Waals surface area contributed by atoms with E-state index in [2.05, 4.69) is 11.8 Å². The van der Waals surface area contributed by atoms with Gasteiger partial charge in [0.1, 0.15) is 17.9 Å². The monoisotopic (exact) mass is 455 g/mol. The second-order valence-corrected chi connectivity index (χ2v) is 8.12. The molecule has 0 atom stereocenters. The lowest BCUT2D eigenvalue weighted by Gasteiger charge is -2.36. The molecule has 33 heavy (non-hydrogen) atoms. The van der Waals surface area contributed by atoms with Crippen LogP contribution >= 0.6 is 0 Å². The molecule has 7 heteroatoms. The van der Waals surface area contributed by atoms with Crippen molar-refractivity contribution in [2.24, 2.45) is 0 Å². The van der Waals surface area contributed by atoms with Crippen molar-refractivity contribution in [2.75, 3.05) is 31.8 Å². The maximum absolute atomic E-state index is 14.1. The lowest BCUT2D eigenvalue weighted by Crippen LogP contribution is -2.40. The highest BCUT2D eigenvalue weighted by Crippen LogP contribution is 2.36. The first-order valence-corrected chi connectivity index (χ1v) is 11.4. The number of furan rings is 1. The Balaban J connectivity index is 1.71. The average Bonchev–Trinajstić information content (AvgIpc) is 3.22. The van der Waals surface area contributed by atoms with E-state index in [1.807, 2.05) is 37.3 Å². The number of nitrogens with zero attached hydrogens (tertiary/aromatic N) is 1. The molecule has 2 heterocycles. The molecule has 0 amide bonds. The van der Waals surface area contributed by atoms with Crippen molar-refractivity contribution in [2.45, 2.75) is 45.8 Å². The molecule has 2 aromatic carbocycles. The predicted octanol–water partition coefficient (Wildman–Crippen LogP) is 5.51. The zero-order chi connectivity index (χ0) is 23.4. The third-order valence-corrected chi connectivity index (χ3v) is 6.25. The summed E-state index contributed by atoms with van der Waals surface area (Å²) in [4.78, 5) is 15.6. The lowest BCUT2D eigenvalue weighted by atomic mass is 9.96. The quantitative estimate of drug-likeness (QED) is 0.418. The molecule has 6 nitrogen and oxygen atoms in total. The number of fused-ring (bicyclic) bond motifs is 1. The summed E-state index contributed by atoms with van der Waals surface area (Å²) in [6, 6.07) is 10.0. The molecule has 1 aliphatic heterocycles. The van der Waals surface area contributed by atoms with Crippen LogP contribution in [-0.4, -0.2) is 38.9 Å². The van der Waals surface area contributed by atoms with Crippen molar-refractivity contribution in [1.82, 2.24) is 0 Å². The van der Waals surface area contributed by atoms with Crippen molar-refractivity contribution >= 4 is 22.6 Å². The van der Waals surface area contributed by atoms with Crippen LogP contribution in [-0.2, 0) is 22.5 Å². The van der Waals surface area contributed by atoms with Crippen LogP contribution in [0.5, 0.6) is 5.75 Å². The van der Waals surface area contributed by atoms with Gasteiger partial charge in [0.25, 0.3) is 6.01 Å². The van der Waals surface area contributed by atoms with Crippen molar-refractivity contribution in [3.63, 3.8) is 0 Å². The maximum atomic E-state index is 14.1. The van der Waals surface area contributed by atoms with Gasteiger partial charge in [-0.2, -0.15) is 4.39 Å². The zero-order valence-corrected chi connectivity index (χ0v) is 19.4. The number of hydrogen-bond acceptors (Lipinski definition) is 6. The van der Waals surface area contributed by atoms with Crippen molar-refractivity contribution in [1.29, 1.82) is 0 Å². The molecular weight excluding hydrogens is 425 g/mol. The Morgan fingerprint density at radius 3 is 2.52 bits per heavy atom. The molecule has 176 valence electrons. The lowest BCUT2D eigenvalue weighted by molar-refractivity contribution is 0.0473. The van der Waals surface area contributed by atoms with Crippen LogP contribution in [0.1, 0.15) is 48.2 Å². The first kappa shape index (κ1) is 23.1. The van der Waals surface area contributed by atoms with Gasteiger partial charge in [0.2, 0.25) is 0 Å². The number of halogens is 1. The smallest absolute Gasteiger partial charge is 0.339 e. The van der Waals surface area contributed by atoms with Crippen LogP contribution in [0.2, 0.25) is 0 Å². The maximum Gasteiger partial charge on any atom is 0.339 e. The van der Waals surface area contributed by atoms with Gasteiger partial charge in [0.15, 0.2) is 0 Å². The minimum atomic E-state index is -0.720. The van der Waals surface area contributed by atoms with Gasteiger partial charge >= 0.3 is 5.97 Å². The number of benzene rings is 2. The number of hydrogen-bond donors (Lipinski definition) is 0. The number of anilines is 1. The Morgan fingerprint density at radius 2 is 1.88 bits per heavy atom. The van der Waals surface area contributed by atoms with E-state index in [1.54, 1.807) is 7.11 Å². The molecule has 1 saturated heterocycles. The fraction of sp³-hybridized carbons (Fsp3) is 0.423. The molecule has 0 bridgehead atoms. The predicted molar refractivity (Wildman–Crippen MR) is 125 cm³/mol. The topological polar surface area (TPSA) is 61.1 Å². The summed E-state index contributed by atoms with van der Waals surface area (Å²) in [5.41, 5.74) is 3.30. The summed E-state index contributed by atoms with van der Waals surface area (Å²) < 4.78 is 35.8. The Hall–Kier alpha value is -3.06. The Bertz CT molecular complexity index is 1100. The number of methoxy groups -OCH3 is 1. The molecule has 0 unspecified atom stereocenters. The molecule has 0 aliphatic carbocycles. The molecule has 1 aliphatic rings. The number of carbonyl (C=O) groups is 1. The van der Waals surface area contributed by atoms with Gasteiger partial charge < -0.3 is 23.5 Å². The van der Waals surface area contributed by atoms with Gasteiger partial charge in [-0.05, 0) is 49.4 Å².